The average Bonchev–Trinajstić information content (AvgIpc) is 2.57. The zero-order valence-electron chi connectivity index (χ0n) is 17.3. The van der Waals surface area contributed by atoms with E-state index in [1.165, 1.54) is 11.9 Å². The molecule has 0 aliphatic carbocycles. The predicted octanol–water partition coefficient (Wildman–Crippen LogP) is 3.40. The van der Waals surface area contributed by atoms with Crippen molar-refractivity contribution in [3.8, 4) is 0 Å². The molecule has 8 heteroatoms. The van der Waals surface area contributed by atoms with Crippen molar-refractivity contribution in [2.24, 2.45) is 0 Å². The molecule has 1 aromatic rings. The van der Waals surface area contributed by atoms with Gasteiger partial charge in [0.25, 0.3) is 0 Å². The molecule has 1 unspecified atom stereocenters. The van der Waals surface area contributed by atoms with Crippen molar-refractivity contribution in [3.63, 3.8) is 0 Å². The van der Waals surface area contributed by atoms with Crippen molar-refractivity contribution < 1.29 is 29.0 Å². The molecule has 0 radical (unpaired) electrons. The van der Waals surface area contributed by atoms with Crippen molar-refractivity contribution >= 4 is 18.2 Å². The summed E-state index contributed by atoms with van der Waals surface area (Å²) in [6.07, 6.45) is -1.77. The number of carboxylic acid groups (broad SMARTS) is 1. The highest BCUT2D eigenvalue weighted by molar-refractivity contribution is 5.73. The van der Waals surface area contributed by atoms with E-state index in [4.69, 9.17) is 9.47 Å². The number of amides is 2. The predicted molar refractivity (Wildman–Crippen MR) is 104 cm³/mol. The number of aliphatic carboxylic acids is 1. The van der Waals surface area contributed by atoms with Gasteiger partial charge in [0.1, 0.15) is 12.2 Å². The topological polar surface area (TPSA) is 105 Å². The standard InChI is InChI=1S/C20H30N2O6/c1-19(2,3)28-18(26)22(6)20(4,5)15(12-16(23)24)21-17(25)27-13-14-10-8-7-9-11-14/h7-11,15H,12-13H2,1-6H3,(H,21,25)(H,23,24). The summed E-state index contributed by atoms with van der Waals surface area (Å²) in [4.78, 5) is 37.2. The lowest BCUT2D eigenvalue weighted by Crippen LogP contribution is -2.60. The highest BCUT2D eigenvalue weighted by Crippen LogP contribution is 2.23. The lowest BCUT2D eigenvalue weighted by molar-refractivity contribution is -0.138. The molecule has 0 spiro atoms. The molecule has 1 aromatic carbocycles. The van der Waals surface area contributed by atoms with Gasteiger partial charge < -0.3 is 24.8 Å². The molecule has 1 atom stereocenters. The third-order valence-corrected chi connectivity index (χ3v) is 4.27. The van der Waals surface area contributed by atoms with Crippen molar-refractivity contribution in [1.82, 2.24) is 10.2 Å². The first-order chi connectivity index (χ1) is 12.8. The Hall–Kier alpha value is -2.77. The van der Waals surface area contributed by atoms with Crippen LogP contribution in [-0.2, 0) is 20.9 Å². The molecule has 0 heterocycles. The number of nitrogens with one attached hydrogen (secondary N) is 1. The summed E-state index contributed by atoms with van der Waals surface area (Å²) >= 11 is 0. The second kappa shape index (κ2) is 9.43. The van der Waals surface area contributed by atoms with Crippen LogP contribution in [-0.4, -0.2) is 52.4 Å². The van der Waals surface area contributed by atoms with Crippen LogP contribution in [0.15, 0.2) is 30.3 Å². The van der Waals surface area contributed by atoms with E-state index < -0.39 is 35.3 Å². The Balaban J connectivity index is 2.85. The number of carbonyl (C=O) groups excluding carboxylic acids is 2. The van der Waals surface area contributed by atoms with Crippen LogP contribution in [0.4, 0.5) is 9.59 Å². The van der Waals surface area contributed by atoms with E-state index in [1.807, 2.05) is 30.3 Å². The normalized spacial score (nSPS) is 12.6. The Bertz CT molecular complexity index is 682. The molecule has 28 heavy (non-hydrogen) atoms. The number of hydrogen-bond donors (Lipinski definition) is 2. The van der Waals surface area contributed by atoms with Gasteiger partial charge in [0, 0.05) is 7.05 Å². The molecule has 0 bridgehead atoms. The average molecular weight is 394 g/mol. The first kappa shape index (κ1) is 23.3. The molecule has 0 fully saturated rings. The number of likely N-dealkylation sites (N-methyl/N-ethyl adjacent to an activating group) is 1. The molecule has 0 aliphatic rings. The van der Waals surface area contributed by atoms with Gasteiger partial charge in [-0.1, -0.05) is 30.3 Å². The number of ether oxygens (including phenoxy) is 2. The van der Waals surface area contributed by atoms with Crippen LogP contribution in [0.2, 0.25) is 0 Å². The van der Waals surface area contributed by atoms with Gasteiger partial charge in [-0.3, -0.25) is 4.79 Å². The zero-order chi connectivity index (χ0) is 21.5. The fraction of sp³-hybridized carbons (Fsp3) is 0.550. The first-order valence-electron chi connectivity index (χ1n) is 8.98. The molecule has 8 nitrogen and oxygen atoms in total. The molecular formula is C20H30N2O6. The summed E-state index contributed by atoms with van der Waals surface area (Å²) in [6.45, 7) is 8.57. The largest absolute Gasteiger partial charge is 0.481 e. The zero-order valence-corrected chi connectivity index (χ0v) is 17.3. The van der Waals surface area contributed by atoms with E-state index in [-0.39, 0.29) is 13.0 Å². The first-order valence-corrected chi connectivity index (χ1v) is 8.98. The van der Waals surface area contributed by atoms with E-state index in [1.54, 1.807) is 34.6 Å². The van der Waals surface area contributed by atoms with E-state index in [0.717, 1.165) is 5.56 Å². The van der Waals surface area contributed by atoms with E-state index in [2.05, 4.69) is 5.32 Å². The lowest BCUT2D eigenvalue weighted by atomic mass is 9.90. The number of nitrogens with zero attached hydrogens (tertiary/aromatic N) is 1. The second-order valence-corrected chi connectivity index (χ2v) is 8.05. The Labute approximate surface area is 165 Å². The third kappa shape index (κ3) is 7.46. The maximum absolute atomic E-state index is 12.4. The minimum Gasteiger partial charge on any atom is -0.481 e. The molecule has 2 amide bonds. The smallest absolute Gasteiger partial charge is 0.410 e. The number of benzene rings is 1. The molecule has 0 saturated heterocycles. The minimum absolute atomic E-state index is 0.0504. The summed E-state index contributed by atoms with van der Waals surface area (Å²) in [7, 11) is 1.50. The summed E-state index contributed by atoms with van der Waals surface area (Å²) < 4.78 is 10.5. The van der Waals surface area contributed by atoms with Gasteiger partial charge in [0.2, 0.25) is 0 Å². The van der Waals surface area contributed by atoms with Gasteiger partial charge in [0.15, 0.2) is 0 Å². The van der Waals surface area contributed by atoms with Gasteiger partial charge >= 0.3 is 18.2 Å². The Morgan fingerprint density at radius 2 is 1.68 bits per heavy atom. The van der Waals surface area contributed by atoms with Crippen LogP contribution < -0.4 is 5.32 Å². The Morgan fingerprint density at radius 3 is 2.18 bits per heavy atom. The maximum atomic E-state index is 12.4. The Kier molecular flexibility index (Phi) is 7.84. The molecule has 1 rings (SSSR count). The summed E-state index contributed by atoms with van der Waals surface area (Å²) in [6, 6.07) is 8.21. The van der Waals surface area contributed by atoms with E-state index in [9.17, 15) is 19.5 Å². The fourth-order valence-electron chi connectivity index (χ4n) is 2.36. The number of carbonyl (C=O) groups is 3. The maximum Gasteiger partial charge on any atom is 0.410 e. The molecule has 0 aromatic heterocycles. The quantitative estimate of drug-likeness (QED) is 0.734. The third-order valence-electron chi connectivity index (χ3n) is 4.27. The van der Waals surface area contributed by atoms with Crippen molar-refractivity contribution in [1.29, 1.82) is 0 Å². The van der Waals surface area contributed by atoms with Gasteiger partial charge in [-0.15, -0.1) is 0 Å². The number of carboxylic acids is 1. The van der Waals surface area contributed by atoms with Crippen LogP contribution in [0.5, 0.6) is 0 Å². The van der Waals surface area contributed by atoms with E-state index in [0.29, 0.717) is 0 Å². The van der Waals surface area contributed by atoms with Crippen molar-refractivity contribution in [2.45, 2.75) is 64.8 Å². The lowest BCUT2D eigenvalue weighted by Gasteiger charge is -2.41. The van der Waals surface area contributed by atoms with Gasteiger partial charge in [-0.2, -0.15) is 0 Å². The van der Waals surface area contributed by atoms with Crippen LogP contribution in [0.25, 0.3) is 0 Å². The van der Waals surface area contributed by atoms with Crippen LogP contribution in [0.1, 0.15) is 46.6 Å². The van der Waals surface area contributed by atoms with Crippen LogP contribution in [0, 0.1) is 0 Å². The van der Waals surface area contributed by atoms with Gasteiger partial charge in [0.05, 0.1) is 18.0 Å². The summed E-state index contributed by atoms with van der Waals surface area (Å²) in [5, 5.41) is 11.8. The monoisotopic (exact) mass is 394 g/mol. The van der Waals surface area contributed by atoms with Crippen LogP contribution in [0.3, 0.4) is 0 Å². The molecule has 0 saturated carbocycles. The fourth-order valence-corrected chi connectivity index (χ4v) is 2.36. The SMILES string of the molecule is CN(C(=O)OC(C)(C)C)C(C)(C)C(CC(=O)O)NC(=O)OCc1ccccc1. The van der Waals surface area contributed by atoms with Crippen LogP contribution >= 0.6 is 0 Å². The highest BCUT2D eigenvalue weighted by Gasteiger charge is 2.40. The van der Waals surface area contributed by atoms with Gasteiger partial charge in [-0.05, 0) is 40.2 Å². The summed E-state index contributed by atoms with van der Waals surface area (Å²) in [5.41, 5.74) is -0.948. The molecule has 0 aliphatic heterocycles. The number of rotatable bonds is 7. The number of hydrogen-bond acceptors (Lipinski definition) is 5. The second-order valence-electron chi connectivity index (χ2n) is 8.05. The minimum atomic E-state index is -1.11. The summed E-state index contributed by atoms with van der Waals surface area (Å²) in [5.74, 6) is -1.11. The molecular weight excluding hydrogens is 364 g/mol. The molecule has 156 valence electrons. The van der Waals surface area contributed by atoms with Crippen molar-refractivity contribution in [3.05, 3.63) is 35.9 Å². The highest BCUT2D eigenvalue weighted by atomic mass is 16.6. The number of alkyl carbamates (subject to hydrolysis) is 1. The van der Waals surface area contributed by atoms with E-state index >= 15 is 0 Å². The van der Waals surface area contributed by atoms with Gasteiger partial charge in [-0.25, -0.2) is 9.59 Å². The molecule has 2 N–H and O–H groups in total. The Morgan fingerprint density at radius 1 is 1.11 bits per heavy atom. The van der Waals surface area contributed by atoms with Crippen molar-refractivity contribution in [2.75, 3.05) is 7.05 Å².